The smallest absolute Gasteiger partial charge is 0.255 e. The Morgan fingerprint density at radius 2 is 1.69 bits per heavy atom. The van der Waals surface area contributed by atoms with E-state index in [2.05, 4.69) is 17.6 Å². The third-order valence-corrected chi connectivity index (χ3v) is 5.02. The molecular weight excluding hydrogens is 380 g/mol. The number of rotatable bonds is 8. The number of carbonyl (C=O) groups is 1. The SMILES string of the molecule is CSCc1ccc(C(=O)Nc2ccccc2COc2ccc(CC#N)cc2)cc1. The summed E-state index contributed by atoms with van der Waals surface area (Å²) in [5.74, 6) is 1.51. The Bertz CT molecular complexity index is 993. The molecule has 0 aliphatic rings. The van der Waals surface area contributed by atoms with E-state index in [1.807, 2.05) is 72.8 Å². The second kappa shape index (κ2) is 10.4. The number of benzene rings is 3. The van der Waals surface area contributed by atoms with Gasteiger partial charge >= 0.3 is 0 Å². The van der Waals surface area contributed by atoms with E-state index < -0.39 is 0 Å². The predicted octanol–water partition coefficient (Wildman–Crippen LogP) is 5.45. The maximum absolute atomic E-state index is 12.6. The van der Waals surface area contributed by atoms with Crippen LogP contribution in [0.2, 0.25) is 0 Å². The van der Waals surface area contributed by atoms with Crippen LogP contribution in [0, 0.1) is 11.3 Å². The van der Waals surface area contributed by atoms with Crippen LogP contribution in [0.3, 0.4) is 0 Å². The van der Waals surface area contributed by atoms with E-state index in [1.54, 1.807) is 11.8 Å². The number of nitrogens with one attached hydrogen (secondary N) is 1. The van der Waals surface area contributed by atoms with Crippen molar-refractivity contribution in [2.45, 2.75) is 18.8 Å². The number of para-hydroxylation sites is 1. The molecule has 0 spiro atoms. The highest BCUT2D eigenvalue weighted by Crippen LogP contribution is 2.20. The van der Waals surface area contributed by atoms with Crippen molar-refractivity contribution in [3.05, 3.63) is 95.1 Å². The number of nitriles is 1. The summed E-state index contributed by atoms with van der Waals surface area (Å²) in [5, 5.41) is 11.7. The average Bonchev–Trinajstić information content (AvgIpc) is 2.75. The summed E-state index contributed by atoms with van der Waals surface area (Å²) in [6.07, 6.45) is 2.44. The predicted molar refractivity (Wildman–Crippen MR) is 118 cm³/mol. The topological polar surface area (TPSA) is 62.1 Å². The van der Waals surface area contributed by atoms with E-state index >= 15 is 0 Å². The fourth-order valence-electron chi connectivity index (χ4n) is 2.84. The maximum atomic E-state index is 12.6. The molecule has 3 aromatic carbocycles. The van der Waals surface area contributed by atoms with Gasteiger partial charge in [-0.1, -0.05) is 42.5 Å². The number of carbonyl (C=O) groups excluding carboxylic acids is 1. The molecule has 5 heteroatoms. The minimum absolute atomic E-state index is 0.144. The Balaban J connectivity index is 1.65. The normalized spacial score (nSPS) is 10.2. The summed E-state index contributed by atoms with van der Waals surface area (Å²) >= 11 is 1.75. The second-order valence-corrected chi connectivity index (χ2v) is 7.37. The van der Waals surface area contributed by atoms with Crippen LogP contribution in [0.15, 0.2) is 72.8 Å². The van der Waals surface area contributed by atoms with E-state index in [1.165, 1.54) is 5.56 Å². The van der Waals surface area contributed by atoms with Crippen LogP contribution in [-0.2, 0) is 18.8 Å². The largest absolute Gasteiger partial charge is 0.489 e. The zero-order chi connectivity index (χ0) is 20.5. The summed E-state index contributed by atoms with van der Waals surface area (Å²) in [6, 6.07) is 24.9. The molecule has 0 aliphatic heterocycles. The first kappa shape index (κ1) is 20.5. The Kier molecular flexibility index (Phi) is 7.32. The van der Waals surface area contributed by atoms with Crippen molar-refractivity contribution in [2.24, 2.45) is 0 Å². The molecule has 0 unspecified atom stereocenters. The molecule has 1 N–H and O–H groups in total. The van der Waals surface area contributed by atoms with E-state index in [0.717, 1.165) is 28.3 Å². The minimum Gasteiger partial charge on any atom is -0.489 e. The molecule has 0 fully saturated rings. The van der Waals surface area contributed by atoms with Crippen molar-refractivity contribution in [3.63, 3.8) is 0 Å². The highest BCUT2D eigenvalue weighted by atomic mass is 32.2. The van der Waals surface area contributed by atoms with E-state index in [4.69, 9.17) is 10.00 Å². The Morgan fingerprint density at radius 3 is 2.38 bits per heavy atom. The fraction of sp³-hybridized carbons (Fsp3) is 0.167. The molecule has 0 radical (unpaired) electrons. The van der Waals surface area contributed by atoms with Gasteiger partial charge in [-0.05, 0) is 47.7 Å². The van der Waals surface area contributed by atoms with Crippen LogP contribution in [0.4, 0.5) is 5.69 Å². The lowest BCUT2D eigenvalue weighted by molar-refractivity contribution is 0.102. The lowest BCUT2D eigenvalue weighted by atomic mass is 10.1. The lowest BCUT2D eigenvalue weighted by Gasteiger charge is -2.13. The third-order valence-electron chi connectivity index (χ3n) is 4.39. The van der Waals surface area contributed by atoms with Gasteiger partial charge in [-0.25, -0.2) is 0 Å². The van der Waals surface area contributed by atoms with Crippen molar-refractivity contribution in [1.29, 1.82) is 5.26 Å². The van der Waals surface area contributed by atoms with E-state index in [0.29, 0.717) is 18.6 Å². The number of anilines is 1. The van der Waals surface area contributed by atoms with Crippen LogP contribution in [-0.4, -0.2) is 12.2 Å². The van der Waals surface area contributed by atoms with Gasteiger partial charge in [-0.2, -0.15) is 17.0 Å². The number of thioether (sulfide) groups is 1. The zero-order valence-corrected chi connectivity index (χ0v) is 17.0. The van der Waals surface area contributed by atoms with Gasteiger partial charge in [0.1, 0.15) is 12.4 Å². The molecule has 0 atom stereocenters. The number of hydrogen-bond donors (Lipinski definition) is 1. The highest BCUT2D eigenvalue weighted by Gasteiger charge is 2.10. The second-order valence-electron chi connectivity index (χ2n) is 6.51. The monoisotopic (exact) mass is 402 g/mol. The molecule has 29 heavy (non-hydrogen) atoms. The lowest BCUT2D eigenvalue weighted by Crippen LogP contribution is -2.14. The Morgan fingerprint density at radius 1 is 1.00 bits per heavy atom. The van der Waals surface area contributed by atoms with Gasteiger partial charge in [0.15, 0.2) is 0 Å². The van der Waals surface area contributed by atoms with Crippen molar-refractivity contribution < 1.29 is 9.53 Å². The van der Waals surface area contributed by atoms with Gasteiger partial charge in [-0.3, -0.25) is 4.79 Å². The van der Waals surface area contributed by atoms with Crippen LogP contribution in [0.1, 0.15) is 27.0 Å². The number of nitrogens with zero attached hydrogens (tertiary/aromatic N) is 1. The minimum atomic E-state index is -0.144. The molecule has 0 saturated heterocycles. The molecule has 0 aromatic heterocycles. The summed E-state index contributed by atoms with van der Waals surface area (Å²) < 4.78 is 5.86. The molecule has 3 rings (SSSR count). The summed E-state index contributed by atoms with van der Waals surface area (Å²) in [4.78, 5) is 12.6. The van der Waals surface area contributed by atoms with Crippen molar-refractivity contribution in [3.8, 4) is 11.8 Å². The van der Waals surface area contributed by atoms with Crippen molar-refractivity contribution in [1.82, 2.24) is 0 Å². The van der Waals surface area contributed by atoms with Gasteiger partial charge in [0.25, 0.3) is 5.91 Å². The first-order chi connectivity index (χ1) is 14.2. The Hall–Kier alpha value is -3.23. The van der Waals surface area contributed by atoms with E-state index in [-0.39, 0.29) is 5.91 Å². The molecule has 146 valence electrons. The molecule has 0 heterocycles. The molecular formula is C24H22N2O2S. The summed E-state index contributed by atoms with van der Waals surface area (Å²) in [5.41, 5.74) is 4.39. The van der Waals surface area contributed by atoms with Gasteiger partial charge in [0.05, 0.1) is 12.5 Å². The first-order valence-corrected chi connectivity index (χ1v) is 10.6. The number of ether oxygens (including phenoxy) is 1. The number of hydrogen-bond acceptors (Lipinski definition) is 4. The zero-order valence-electron chi connectivity index (χ0n) is 16.2. The average molecular weight is 403 g/mol. The molecule has 1 amide bonds. The molecule has 3 aromatic rings. The third kappa shape index (κ3) is 5.87. The highest BCUT2D eigenvalue weighted by molar-refractivity contribution is 7.97. The molecule has 4 nitrogen and oxygen atoms in total. The van der Waals surface area contributed by atoms with Gasteiger partial charge in [-0.15, -0.1) is 0 Å². The number of amides is 1. The fourth-order valence-corrected chi connectivity index (χ4v) is 3.36. The van der Waals surface area contributed by atoms with Gasteiger partial charge < -0.3 is 10.1 Å². The molecule has 0 aliphatic carbocycles. The molecule has 0 saturated carbocycles. The van der Waals surface area contributed by atoms with Crippen LogP contribution in [0.25, 0.3) is 0 Å². The van der Waals surface area contributed by atoms with Crippen LogP contribution >= 0.6 is 11.8 Å². The van der Waals surface area contributed by atoms with Crippen molar-refractivity contribution >= 4 is 23.4 Å². The molecule has 0 bridgehead atoms. The van der Waals surface area contributed by atoms with E-state index in [9.17, 15) is 4.79 Å². The van der Waals surface area contributed by atoms with Gasteiger partial charge in [0.2, 0.25) is 0 Å². The first-order valence-electron chi connectivity index (χ1n) is 9.25. The van der Waals surface area contributed by atoms with Crippen LogP contribution in [0.5, 0.6) is 5.75 Å². The quantitative estimate of drug-likeness (QED) is 0.544. The van der Waals surface area contributed by atoms with Gasteiger partial charge in [0, 0.05) is 22.6 Å². The maximum Gasteiger partial charge on any atom is 0.255 e. The summed E-state index contributed by atoms with van der Waals surface area (Å²) in [7, 11) is 0. The van der Waals surface area contributed by atoms with Crippen LogP contribution < -0.4 is 10.1 Å². The Labute approximate surface area is 175 Å². The van der Waals surface area contributed by atoms with Crippen molar-refractivity contribution in [2.75, 3.05) is 11.6 Å². The summed E-state index contributed by atoms with van der Waals surface area (Å²) in [6.45, 7) is 0.334. The standard InChI is InChI=1S/C24H22N2O2S/c1-29-17-19-6-10-20(11-7-19)24(27)26-23-5-3-2-4-21(23)16-28-22-12-8-18(9-13-22)14-15-25/h2-13H,14,16-17H2,1H3,(H,26,27).